The van der Waals surface area contributed by atoms with Crippen LogP contribution in [0.25, 0.3) is 0 Å². The first-order chi connectivity index (χ1) is 14.2. The molecule has 6 atom stereocenters. The van der Waals surface area contributed by atoms with Crippen LogP contribution in [0.4, 0.5) is 0 Å². The Morgan fingerprint density at radius 3 is 2.23 bits per heavy atom. The maximum Gasteiger partial charge on any atom is 0.330 e. The van der Waals surface area contributed by atoms with Gasteiger partial charge in [0.1, 0.15) is 6.04 Å². The maximum atomic E-state index is 12.8. The van der Waals surface area contributed by atoms with Gasteiger partial charge in [0.2, 0.25) is 0 Å². The number of carbonyl (C=O) groups excluding carboxylic acids is 2. The fourth-order valence-electron chi connectivity index (χ4n) is 5.36. The molecular weight excluding hydrogens is 380 g/mol. The average molecular weight is 425 g/mol. The average Bonchev–Trinajstić information content (AvgIpc) is 2.71. The van der Waals surface area contributed by atoms with E-state index in [1.807, 2.05) is 33.0 Å². The summed E-state index contributed by atoms with van der Waals surface area (Å²) in [6.45, 7) is 2.95. The molecule has 2 saturated carbocycles. The molecule has 0 N–H and O–H groups in total. The smallest absolute Gasteiger partial charge is 0.330 e. The summed E-state index contributed by atoms with van der Waals surface area (Å²) in [6, 6.07) is -0.358. The molecule has 0 spiro atoms. The van der Waals surface area contributed by atoms with E-state index in [0.29, 0.717) is 17.9 Å². The number of unbranched alkanes of at least 4 members (excludes halogenated alkanes) is 1. The van der Waals surface area contributed by atoms with E-state index < -0.39 is 5.97 Å². The highest BCUT2D eigenvalue weighted by Gasteiger charge is 2.39. The minimum absolute atomic E-state index is 0.216. The molecule has 0 heterocycles. The van der Waals surface area contributed by atoms with Crippen molar-refractivity contribution >= 4 is 11.9 Å². The number of rotatable bonds is 10. The molecule has 0 aromatic rings. The van der Waals surface area contributed by atoms with E-state index in [9.17, 15) is 9.59 Å². The molecule has 0 bridgehead atoms. The minimum atomic E-state index is -0.393. The van der Waals surface area contributed by atoms with Gasteiger partial charge in [-0.25, -0.2) is 4.79 Å². The summed E-state index contributed by atoms with van der Waals surface area (Å²) in [7, 11) is 9.67. The van der Waals surface area contributed by atoms with Gasteiger partial charge in [-0.1, -0.05) is 13.3 Å². The number of carbonyl (C=O) groups is 2. The van der Waals surface area contributed by atoms with Crippen molar-refractivity contribution in [1.29, 1.82) is 0 Å². The van der Waals surface area contributed by atoms with Crippen molar-refractivity contribution in [3.8, 4) is 0 Å². The zero-order valence-corrected chi connectivity index (χ0v) is 20.1. The third-order valence-corrected chi connectivity index (χ3v) is 7.45. The first-order valence-corrected chi connectivity index (χ1v) is 11.8. The molecule has 0 amide bonds. The number of esters is 2. The Kier molecular flexibility index (Phi) is 10.2. The Morgan fingerprint density at radius 2 is 1.60 bits per heavy atom. The fourth-order valence-corrected chi connectivity index (χ4v) is 5.36. The van der Waals surface area contributed by atoms with E-state index in [4.69, 9.17) is 9.47 Å². The van der Waals surface area contributed by atoms with Crippen LogP contribution in [0.2, 0.25) is 0 Å². The molecule has 2 aliphatic carbocycles. The van der Waals surface area contributed by atoms with Gasteiger partial charge in [-0.05, 0) is 104 Å². The molecule has 30 heavy (non-hydrogen) atoms. The molecule has 0 aliphatic heterocycles. The standard InChI is InChI=1S/C24H44N2O4/c1-17(18-10-11-20-16-21(29-6)13-12-19(20)15-18)23(27)30-24(28)22(26(4)5)9-7-8-14-25(2)3/h17-22H,7-16H2,1-6H3. The quantitative estimate of drug-likeness (QED) is 0.303. The van der Waals surface area contributed by atoms with Gasteiger partial charge < -0.3 is 14.4 Å². The molecule has 6 nitrogen and oxygen atoms in total. The highest BCUT2D eigenvalue weighted by Crippen LogP contribution is 2.45. The van der Waals surface area contributed by atoms with Crippen molar-refractivity contribution in [3.05, 3.63) is 0 Å². The largest absolute Gasteiger partial charge is 0.392 e. The van der Waals surface area contributed by atoms with Gasteiger partial charge in [0, 0.05) is 7.11 Å². The number of ether oxygens (including phenoxy) is 2. The van der Waals surface area contributed by atoms with Gasteiger partial charge >= 0.3 is 11.9 Å². The second-order valence-electron chi connectivity index (χ2n) is 10.1. The zero-order chi connectivity index (χ0) is 22.3. The third-order valence-electron chi connectivity index (χ3n) is 7.45. The molecule has 174 valence electrons. The lowest BCUT2D eigenvalue weighted by Crippen LogP contribution is -2.41. The number of methoxy groups -OCH3 is 1. The van der Waals surface area contributed by atoms with Crippen molar-refractivity contribution in [3.63, 3.8) is 0 Å². The van der Waals surface area contributed by atoms with Crippen molar-refractivity contribution < 1.29 is 19.1 Å². The monoisotopic (exact) mass is 424 g/mol. The molecule has 2 rings (SSSR count). The topological polar surface area (TPSA) is 59.1 Å². The Labute approximate surface area is 183 Å². The summed E-state index contributed by atoms with van der Waals surface area (Å²) in [4.78, 5) is 29.5. The number of likely N-dealkylation sites (N-methyl/N-ethyl adjacent to an activating group) is 1. The highest BCUT2D eigenvalue weighted by atomic mass is 16.6. The molecule has 2 aliphatic rings. The molecule has 0 radical (unpaired) electrons. The molecule has 6 heteroatoms. The normalized spacial score (nSPS) is 28.8. The number of nitrogens with zero attached hydrogens (tertiary/aromatic N) is 2. The van der Waals surface area contributed by atoms with Crippen LogP contribution in [0.5, 0.6) is 0 Å². The van der Waals surface area contributed by atoms with Crippen LogP contribution in [0.1, 0.15) is 64.7 Å². The van der Waals surface area contributed by atoms with E-state index in [-0.39, 0.29) is 17.9 Å². The Bertz CT molecular complexity index is 551. The number of fused-ring (bicyclic) bond motifs is 1. The highest BCUT2D eigenvalue weighted by molar-refractivity contribution is 5.89. The second-order valence-corrected chi connectivity index (χ2v) is 10.1. The molecule has 0 saturated heterocycles. The Balaban J connectivity index is 1.82. The van der Waals surface area contributed by atoms with Gasteiger partial charge in [0.05, 0.1) is 12.0 Å². The van der Waals surface area contributed by atoms with Gasteiger partial charge in [0.15, 0.2) is 0 Å². The maximum absolute atomic E-state index is 12.8. The predicted octanol–water partition coefficient (Wildman–Crippen LogP) is 3.59. The minimum Gasteiger partial charge on any atom is -0.392 e. The third kappa shape index (κ3) is 7.31. The van der Waals surface area contributed by atoms with Crippen LogP contribution in [-0.2, 0) is 19.1 Å². The molecular formula is C24H44N2O4. The zero-order valence-electron chi connectivity index (χ0n) is 20.1. The predicted molar refractivity (Wildman–Crippen MR) is 119 cm³/mol. The summed E-state index contributed by atoms with van der Waals surface area (Å²) in [5, 5.41) is 0. The van der Waals surface area contributed by atoms with Gasteiger partial charge in [0.25, 0.3) is 0 Å². The number of hydrogen-bond acceptors (Lipinski definition) is 6. The van der Waals surface area contributed by atoms with Crippen LogP contribution in [0, 0.1) is 23.7 Å². The Morgan fingerprint density at radius 1 is 0.933 bits per heavy atom. The van der Waals surface area contributed by atoms with E-state index >= 15 is 0 Å². The lowest BCUT2D eigenvalue weighted by molar-refractivity contribution is -0.167. The number of hydrogen-bond donors (Lipinski definition) is 0. The second kappa shape index (κ2) is 12.2. The van der Waals surface area contributed by atoms with Crippen molar-refractivity contribution in [2.75, 3.05) is 41.8 Å². The summed E-state index contributed by atoms with van der Waals surface area (Å²) in [6.07, 6.45) is 9.85. The summed E-state index contributed by atoms with van der Waals surface area (Å²) in [5.74, 6) is 0.790. The first-order valence-electron chi connectivity index (χ1n) is 11.8. The van der Waals surface area contributed by atoms with E-state index in [0.717, 1.165) is 63.8 Å². The SMILES string of the molecule is COC1CCC2CC(C(C)C(=O)OC(=O)C(CCCCN(C)C)N(C)C)CCC2C1. The Hall–Kier alpha value is -0.980. The van der Waals surface area contributed by atoms with Gasteiger partial charge in [-0.2, -0.15) is 0 Å². The van der Waals surface area contributed by atoms with Gasteiger partial charge in [-0.3, -0.25) is 9.69 Å². The van der Waals surface area contributed by atoms with Crippen molar-refractivity contribution in [2.45, 2.75) is 76.9 Å². The summed E-state index contributed by atoms with van der Waals surface area (Å²) < 4.78 is 11.0. The van der Waals surface area contributed by atoms with E-state index in [2.05, 4.69) is 19.0 Å². The van der Waals surface area contributed by atoms with Crippen LogP contribution in [0.3, 0.4) is 0 Å². The molecule has 6 unspecified atom stereocenters. The molecule has 0 aromatic carbocycles. The summed E-state index contributed by atoms with van der Waals surface area (Å²) >= 11 is 0. The van der Waals surface area contributed by atoms with Gasteiger partial charge in [-0.15, -0.1) is 0 Å². The van der Waals surface area contributed by atoms with Crippen LogP contribution >= 0.6 is 0 Å². The summed E-state index contributed by atoms with van der Waals surface area (Å²) in [5.41, 5.74) is 0. The van der Waals surface area contributed by atoms with Crippen molar-refractivity contribution in [2.24, 2.45) is 23.7 Å². The molecule has 0 aromatic heterocycles. The lowest BCUT2D eigenvalue weighted by Gasteiger charge is -2.42. The molecule has 2 fully saturated rings. The van der Waals surface area contributed by atoms with Crippen LogP contribution in [-0.4, -0.2) is 75.7 Å². The van der Waals surface area contributed by atoms with Crippen LogP contribution in [0.15, 0.2) is 0 Å². The lowest BCUT2D eigenvalue weighted by atomic mass is 9.64. The fraction of sp³-hybridized carbons (Fsp3) is 0.917. The van der Waals surface area contributed by atoms with Crippen molar-refractivity contribution in [1.82, 2.24) is 9.80 Å². The van der Waals surface area contributed by atoms with E-state index in [1.165, 1.54) is 6.42 Å². The van der Waals surface area contributed by atoms with Crippen LogP contribution < -0.4 is 0 Å². The van der Waals surface area contributed by atoms with E-state index in [1.54, 1.807) is 0 Å². The first kappa shape index (κ1) is 25.3.